The van der Waals surface area contributed by atoms with Crippen LogP contribution in [0.2, 0.25) is 0 Å². The van der Waals surface area contributed by atoms with Crippen molar-refractivity contribution in [2.24, 2.45) is 0 Å². The summed E-state index contributed by atoms with van der Waals surface area (Å²) in [6.45, 7) is 6.36. The lowest BCUT2D eigenvalue weighted by Crippen LogP contribution is -2.15. The molecule has 0 aliphatic rings. The quantitative estimate of drug-likeness (QED) is 0.684. The van der Waals surface area contributed by atoms with Crippen LogP contribution in [-0.2, 0) is 4.74 Å². The van der Waals surface area contributed by atoms with Crippen molar-refractivity contribution in [2.75, 3.05) is 26.9 Å². The predicted molar refractivity (Wildman–Crippen MR) is 75.1 cm³/mol. The van der Waals surface area contributed by atoms with Crippen LogP contribution in [0.5, 0.6) is 5.75 Å². The first-order valence-electron chi connectivity index (χ1n) is 6.79. The summed E-state index contributed by atoms with van der Waals surface area (Å²) >= 11 is 0. The fraction of sp³-hybridized carbons (Fsp3) is 0.600. The molecule has 0 saturated carbocycles. The Morgan fingerprint density at radius 3 is 2.33 bits per heavy atom. The third-order valence-corrected chi connectivity index (χ3v) is 2.88. The summed E-state index contributed by atoms with van der Waals surface area (Å²) in [5.74, 6) is 0.907. The summed E-state index contributed by atoms with van der Waals surface area (Å²) in [6.07, 6.45) is 2.14. The maximum Gasteiger partial charge on any atom is 0.119 e. The number of ether oxygens (including phenoxy) is 2. The van der Waals surface area contributed by atoms with E-state index in [1.165, 1.54) is 5.56 Å². The zero-order valence-corrected chi connectivity index (χ0v) is 11.7. The van der Waals surface area contributed by atoms with Crippen LogP contribution in [0.15, 0.2) is 24.3 Å². The second kappa shape index (κ2) is 8.95. The molecule has 1 unspecified atom stereocenters. The number of nitrogens with one attached hydrogen (secondary N) is 1. The second-order valence-electron chi connectivity index (χ2n) is 4.28. The number of hydrogen-bond acceptors (Lipinski definition) is 3. The molecule has 1 atom stereocenters. The maximum atomic E-state index is 5.61. The first-order valence-corrected chi connectivity index (χ1v) is 6.79. The van der Waals surface area contributed by atoms with Gasteiger partial charge in [-0.2, -0.15) is 0 Å². The molecule has 102 valence electrons. The van der Waals surface area contributed by atoms with Crippen molar-refractivity contribution in [3.63, 3.8) is 0 Å². The van der Waals surface area contributed by atoms with Crippen LogP contribution in [0.3, 0.4) is 0 Å². The van der Waals surface area contributed by atoms with Crippen LogP contribution in [0, 0.1) is 0 Å². The van der Waals surface area contributed by atoms with Crippen LogP contribution in [-0.4, -0.2) is 26.9 Å². The summed E-state index contributed by atoms with van der Waals surface area (Å²) in [5.41, 5.74) is 1.30. The van der Waals surface area contributed by atoms with Crippen molar-refractivity contribution < 1.29 is 9.47 Å². The SMILES string of the molecule is CCCOCCOc1ccc(C(CC)NC)cc1. The van der Waals surface area contributed by atoms with E-state index >= 15 is 0 Å². The van der Waals surface area contributed by atoms with E-state index < -0.39 is 0 Å². The molecule has 0 aliphatic heterocycles. The smallest absolute Gasteiger partial charge is 0.119 e. The lowest BCUT2D eigenvalue weighted by atomic mass is 10.1. The van der Waals surface area contributed by atoms with Gasteiger partial charge in [-0.25, -0.2) is 0 Å². The van der Waals surface area contributed by atoms with Gasteiger partial charge in [0.15, 0.2) is 0 Å². The standard InChI is InChI=1S/C15H25NO2/c1-4-10-17-11-12-18-14-8-6-13(7-9-14)15(5-2)16-3/h6-9,15-16H,4-5,10-12H2,1-3H3. The Hall–Kier alpha value is -1.06. The summed E-state index contributed by atoms with van der Waals surface area (Å²) < 4.78 is 11.0. The first kappa shape index (κ1) is 15.0. The van der Waals surface area contributed by atoms with Gasteiger partial charge in [0.25, 0.3) is 0 Å². The average molecular weight is 251 g/mol. The molecule has 18 heavy (non-hydrogen) atoms. The molecule has 0 heterocycles. The third-order valence-electron chi connectivity index (χ3n) is 2.88. The monoisotopic (exact) mass is 251 g/mol. The number of benzene rings is 1. The summed E-state index contributed by atoms with van der Waals surface area (Å²) in [4.78, 5) is 0. The molecular weight excluding hydrogens is 226 g/mol. The lowest BCUT2D eigenvalue weighted by Gasteiger charge is -2.14. The van der Waals surface area contributed by atoms with Gasteiger partial charge >= 0.3 is 0 Å². The van der Waals surface area contributed by atoms with E-state index in [9.17, 15) is 0 Å². The molecule has 1 aromatic carbocycles. The lowest BCUT2D eigenvalue weighted by molar-refractivity contribution is 0.101. The molecule has 0 fully saturated rings. The zero-order valence-electron chi connectivity index (χ0n) is 11.7. The summed E-state index contributed by atoms with van der Waals surface area (Å²) in [7, 11) is 1.99. The predicted octanol–water partition coefficient (Wildman–Crippen LogP) is 3.16. The Labute approximate surface area is 110 Å². The minimum Gasteiger partial charge on any atom is -0.491 e. The molecule has 0 radical (unpaired) electrons. The van der Waals surface area contributed by atoms with Gasteiger partial charge in [-0.15, -0.1) is 0 Å². The molecule has 0 spiro atoms. The van der Waals surface area contributed by atoms with Gasteiger partial charge in [0, 0.05) is 12.6 Å². The minimum absolute atomic E-state index is 0.423. The van der Waals surface area contributed by atoms with E-state index in [2.05, 4.69) is 31.3 Å². The highest BCUT2D eigenvalue weighted by molar-refractivity contribution is 5.29. The van der Waals surface area contributed by atoms with Gasteiger partial charge < -0.3 is 14.8 Å². The average Bonchev–Trinajstić information content (AvgIpc) is 2.41. The zero-order chi connectivity index (χ0) is 13.2. The van der Waals surface area contributed by atoms with Crippen LogP contribution in [0.1, 0.15) is 38.3 Å². The van der Waals surface area contributed by atoms with Crippen LogP contribution in [0.4, 0.5) is 0 Å². The highest BCUT2D eigenvalue weighted by Gasteiger charge is 2.05. The van der Waals surface area contributed by atoms with Crippen molar-refractivity contribution >= 4 is 0 Å². The van der Waals surface area contributed by atoms with E-state index in [1.54, 1.807) is 0 Å². The van der Waals surface area contributed by atoms with Crippen molar-refractivity contribution in [1.82, 2.24) is 5.32 Å². The molecule has 0 bridgehead atoms. The summed E-state index contributed by atoms with van der Waals surface area (Å²) in [6, 6.07) is 8.70. The first-order chi connectivity index (χ1) is 8.81. The Balaban J connectivity index is 2.35. The van der Waals surface area contributed by atoms with Crippen molar-refractivity contribution in [3.05, 3.63) is 29.8 Å². The molecule has 0 amide bonds. The topological polar surface area (TPSA) is 30.5 Å². The second-order valence-corrected chi connectivity index (χ2v) is 4.28. The van der Waals surface area contributed by atoms with E-state index in [0.29, 0.717) is 19.3 Å². The largest absolute Gasteiger partial charge is 0.491 e. The molecule has 0 aromatic heterocycles. The molecular formula is C15H25NO2. The van der Waals surface area contributed by atoms with Crippen LogP contribution < -0.4 is 10.1 Å². The van der Waals surface area contributed by atoms with Gasteiger partial charge in [-0.05, 0) is 37.6 Å². The minimum atomic E-state index is 0.423. The van der Waals surface area contributed by atoms with Gasteiger partial charge in [0.2, 0.25) is 0 Å². The Morgan fingerprint density at radius 1 is 1.06 bits per heavy atom. The van der Waals surface area contributed by atoms with E-state index in [-0.39, 0.29) is 0 Å². The van der Waals surface area contributed by atoms with Crippen LogP contribution >= 0.6 is 0 Å². The van der Waals surface area contributed by atoms with Crippen molar-refractivity contribution in [2.45, 2.75) is 32.7 Å². The van der Waals surface area contributed by atoms with E-state index in [0.717, 1.165) is 25.2 Å². The Bertz CT molecular complexity index is 307. The van der Waals surface area contributed by atoms with Gasteiger partial charge in [0.1, 0.15) is 12.4 Å². The third kappa shape index (κ3) is 5.07. The van der Waals surface area contributed by atoms with E-state index in [1.807, 2.05) is 19.2 Å². The molecule has 1 N–H and O–H groups in total. The van der Waals surface area contributed by atoms with Crippen molar-refractivity contribution in [1.29, 1.82) is 0 Å². The number of hydrogen-bond donors (Lipinski definition) is 1. The van der Waals surface area contributed by atoms with Gasteiger partial charge in [0.05, 0.1) is 6.61 Å². The van der Waals surface area contributed by atoms with Crippen molar-refractivity contribution in [3.8, 4) is 5.75 Å². The van der Waals surface area contributed by atoms with Gasteiger partial charge in [-0.3, -0.25) is 0 Å². The highest BCUT2D eigenvalue weighted by Crippen LogP contribution is 2.19. The molecule has 0 saturated heterocycles. The molecule has 1 rings (SSSR count). The maximum absolute atomic E-state index is 5.61. The normalized spacial score (nSPS) is 12.4. The Kier molecular flexibility index (Phi) is 7.46. The highest BCUT2D eigenvalue weighted by atomic mass is 16.5. The van der Waals surface area contributed by atoms with E-state index in [4.69, 9.17) is 9.47 Å². The summed E-state index contributed by atoms with van der Waals surface area (Å²) in [5, 5.41) is 3.29. The fourth-order valence-corrected chi connectivity index (χ4v) is 1.87. The van der Waals surface area contributed by atoms with Gasteiger partial charge in [-0.1, -0.05) is 26.0 Å². The molecule has 0 aliphatic carbocycles. The molecule has 3 heteroatoms. The number of rotatable bonds is 9. The molecule has 1 aromatic rings. The molecule has 3 nitrogen and oxygen atoms in total. The fourth-order valence-electron chi connectivity index (χ4n) is 1.87. The van der Waals surface area contributed by atoms with Crippen LogP contribution in [0.25, 0.3) is 0 Å². The Morgan fingerprint density at radius 2 is 1.78 bits per heavy atom.